The van der Waals surface area contributed by atoms with E-state index in [0.29, 0.717) is 16.4 Å². The van der Waals surface area contributed by atoms with E-state index in [4.69, 9.17) is 4.74 Å². The summed E-state index contributed by atoms with van der Waals surface area (Å²) < 4.78 is 6.09. The second kappa shape index (κ2) is 10.7. The number of aromatic nitrogens is 2. The highest BCUT2D eigenvalue weighted by Gasteiger charge is 2.21. The van der Waals surface area contributed by atoms with Crippen molar-refractivity contribution in [1.29, 1.82) is 0 Å². The molecule has 0 aliphatic rings. The van der Waals surface area contributed by atoms with E-state index in [9.17, 15) is 9.59 Å². The fourth-order valence-corrected chi connectivity index (χ4v) is 4.40. The average Bonchev–Trinajstić information content (AvgIpc) is 3.20. The average molecular weight is 443 g/mol. The summed E-state index contributed by atoms with van der Waals surface area (Å²) in [5, 5.41) is 14.2. The maximum Gasteiger partial charge on any atom is 0.251 e. The summed E-state index contributed by atoms with van der Waals surface area (Å²) in [4.78, 5) is 25.4. The van der Waals surface area contributed by atoms with Crippen LogP contribution in [0.3, 0.4) is 0 Å². The van der Waals surface area contributed by atoms with Crippen LogP contribution in [0.25, 0.3) is 0 Å². The molecule has 3 rings (SSSR count). The molecule has 30 heavy (non-hydrogen) atoms. The van der Waals surface area contributed by atoms with Gasteiger partial charge in [-0.25, -0.2) is 0 Å². The summed E-state index contributed by atoms with van der Waals surface area (Å²) in [6.45, 7) is 2.03. The zero-order valence-electron chi connectivity index (χ0n) is 16.6. The molecule has 0 radical (unpaired) electrons. The molecule has 156 valence electrons. The highest BCUT2D eigenvalue weighted by Crippen LogP contribution is 2.26. The van der Waals surface area contributed by atoms with Gasteiger partial charge in [0.15, 0.2) is 4.34 Å². The predicted molar refractivity (Wildman–Crippen MR) is 119 cm³/mol. The largest absolute Gasteiger partial charge is 0.497 e. The van der Waals surface area contributed by atoms with Crippen LogP contribution in [0.4, 0.5) is 5.13 Å². The topological polar surface area (TPSA) is 93.2 Å². The Balaban J connectivity index is 1.75. The molecule has 0 aliphatic heterocycles. The Bertz CT molecular complexity index is 995. The van der Waals surface area contributed by atoms with Crippen molar-refractivity contribution in [3.8, 4) is 5.75 Å². The van der Waals surface area contributed by atoms with Gasteiger partial charge in [0.2, 0.25) is 11.0 Å². The lowest BCUT2D eigenvalue weighted by molar-refractivity contribution is -0.116. The first-order chi connectivity index (χ1) is 14.6. The van der Waals surface area contributed by atoms with Crippen LogP contribution in [0.5, 0.6) is 5.75 Å². The lowest BCUT2D eigenvalue weighted by atomic mass is 10.0. The number of carbonyl (C=O) groups is 2. The van der Waals surface area contributed by atoms with Crippen LogP contribution in [0, 0.1) is 0 Å². The van der Waals surface area contributed by atoms with Gasteiger partial charge in [0, 0.05) is 5.56 Å². The van der Waals surface area contributed by atoms with Crippen molar-refractivity contribution in [3.63, 3.8) is 0 Å². The Kier molecular flexibility index (Phi) is 7.81. The molecule has 0 unspecified atom stereocenters. The van der Waals surface area contributed by atoms with Crippen molar-refractivity contribution < 1.29 is 14.3 Å². The van der Waals surface area contributed by atoms with Crippen LogP contribution in [-0.4, -0.2) is 34.9 Å². The van der Waals surface area contributed by atoms with Crippen LogP contribution in [-0.2, 0) is 4.79 Å². The van der Waals surface area contributed by atoms with Gasteiger partial charge in [0.25, 0.3) is 5.91 Å². The Morgan fingerprint density at radius 1 is 1.13 bits per heavy atom. The molecule has 1 aromatic heterocycles. The molecule has 1 atom stereocenters. The molecule has 0 aliphatic carbocycles. The number of nitrogens with one attached hydrogen (secondary N) is 2. The monoisotopic (exact) mass is 442 g/mol. The van der Waals surface area contributed by atoms with Crippen LogP contribution in [0.1, 0.15) is 35.3 Å². The number of hydrogen-bond donors (Lipinski definition) is 2. The van der Waals surface area contributed by atoms with E-state index in [-0.39, 0.29) is 18.2 Å². The quantitative estimate of drug-likeness (QED) is 0.382. The molecular weight excluding hydrogens is 420 g/mol. The van der Waals surface area contributed by atoms with Crippen molar-refractivity contribution in [2.24, 2.45) is 0 Å². The van der Waals surface area contributed by atoms with E-state index in [1.165, 1.54) is 11.3 Å². The molecule has 0 fully saturated rings. The van der Waals surface area contributed by atoms with Crippen molar-refractivity contribution >= 4 is 40.0 Å². The Morgan fingerprint density at radius 2 is 1.93 bits per heavy atom. The number of thioether (sulfide) groups is 1. The molecule has 7 nitrogen and oxygen atoms in total. The van der Waals surface area contributed by atoms with Gasteiger partial charge in [-0.05, 0) is 35.6 Å². The highest BCUT2D eigenvalue weighted by atomic mass is 32.2. The maximum absolute atomic E-state index is 12.7. The Morgan fingerprint density at radius 3 is 2.67 bits per heavy atom. The summed E-state index contributed by atoms with van der Waals surface area (Å²) in [6.07, 6.45) is 0.0432. The summed E-state index contributed by atoms with van der Waals surface area (Å²) in [7, 11) is 1.57. The number of hydrogen-bond acceptors (Lipinski definition) is 7. The third kappa shape index (κ3) is 6.04. The van der Waals surface area contributed by atoms with E-state index >= 15 is 0 Å². The molecule has 2 amide bonds. The van der Waals surface area contributed by atoms with Gasteiger partial charge in [0.05, 0.1) is 19.6 Å². The SMILES string of the molecule is CCSc1nnc(NC(=O)C[C@@H](NC(=O)c2ccccc2)c2cccc(OC)c2)s1. The molecule has 0 bridgehead atoms. The lowest BCUT2D eigenvalue weighted by Gasteiger charge is -2.19. The first kappa shape index (κ1) is 21.8. The number of rotatable bonds is 9. The number of methoxy groups -OCH3 is 1. The standard InChI is InChI=1S/C21H22N4O3S2/c1-3-29-21-25-24-20(30-21)23-18(26)13-17(15-10-7-11-16(12-15)28-2)22-19(27)14-8-5-4-6-9-14/h4-12,17H,3,13H2,1-2H3,(H,22,27)(H,23,24,26)/t17-/m1/s1. The maximum atomic E-state index is 12.7. The minimum atomic E-state index is -0.537. The van der Waals surface area contributed by atoms with E-state index in [1.807, 2.05) is 37.3 Å². The van der Waals surface area contributed by atoms with Crippen LogP contribution in [0.15, 0.2) is 58.9 Å². The van der Waals surface area contributed by atoms with Gasteiger partial charge in [-0.1, -0.05) is 60.4 Å². The van der Waals surface area contributed by atoms with Crippen molar-refractivity contribution in [1.82, 2.24) is 15.5 Å². The van der Waals surface area contributed by atoms with Crippen LogP contribution >= 0.6 is 23.1 Å². The number of nitrogens with zero attached hydrogens (tertiary/aromatic N) is 2. The molecule has 2 N–H and O–H groups in total. The summed E-state index contributed by atoms with van der Waals surface area (Å²) in [5.41, 5.74) is 1.30. The Labute approximate surface area is 183 Å². The molecule has 2 aromatic carbocycles. The summed E-state index contributed by atoms with van der Waals surface area (Å²) >= 11 is 2.89. The van der Waals surface area contributed by atoms with Gasteiger partial charge < -0.3 is 15.4 Å². The zero-order valence-corrected chi connectivity index (χ0v) is 18.3. The zero-order chi connectivity index (χ0) is 21.3. The minimum Gasteiger partial charge on any atom is -0.497 e. The first-order valence-electron chi connectivity index (χ1n) is 9.35. The first-order valence-corrected chi connectivity index (χ1v) is 11.1. The second-order valence-corrected chi connectivity index (χ2v) is 8.72. The van der Waals surface area contributed by atoms with Gasteiger partial charge in [0.1, 0.15) is 5.75 Å². The van der Waals surface area contributed by atoms with Crippen LogP contribution < -0.4 is 15.4 Å². The van der Waals surface area contributed by atoms with E-state index in [1.54, 1.807) is 43.1 Å². The highest BCUT2D eigenvalue weighted by molar-refractivity contribution is 8.01. The molecule has 0 spiro atoms. The van der Waals surface area contributed by atoms with E-state index in [0.717, 1.165) is 15.7 Å². The fraction of sp³-hybridized carbons (Fsp3) is 0.238. The molecule has 3 aromatic rings. The molecule has 0 saturated carbocycles. The Hall–Kier alpha value is -2.91. The van der Waals surface area contributed by atoms with Crippen molar-refractivity contribution in [3.05, 3.63) is 65.7 Å². The molecular formula is C21H22N4O3S2. The summed E-state index contributed by atoms with van der Waals surface area (Å²) in [5.74, 6) is 1.01. The number of benzene rings is 2. The predicted octanol–water partition coefficient (Wildman–Crippen LogP) is 4.16. The smallest absolute Gasteiger partial charge is 0.251 e. The molecule has 1 heterocycles. The van der Waals surface area contributed by atoms with Gasteiger partial charge in [-0.3, -0.25) is 9.59 Å². The van der Waals surface area contributed by atoms with Crippen molar-refractivity contribution in [2.45, 2.75) is 23.7 Å². The van der Waals surface area contributed by atoms with Crippen LogP contribution in [0.2, 0.25) is 0 Å². The number of carbonyl (C=O) groups excluding carboxylic acids is 2. The number of anilines is 1. The molecule has 9 heteroatoms. The van der Waals surface area contributed by atoms with Crippen molar-refractivity contribution in [2.75, 3.05) is 18.2 Å². The lowest BCUT2D eigenvalue weighted by Crippen LogP contribution is -2.31. The minimum absolute atomic E-state index is 0.0432. The summed E-state index contributed by atoms with van der Waals surface area (Å²) in [6, 6.07) is 15.7. The van der Waals surface area contributed by atoms with Gasteiger partial charge in [-0.2, -0.15) is 0 Å². The molecule has 0 saturated heterocycles. The number of ether oxygens (including phenoxy) is 1. The third-order valence-corrected chi connectivity index (χ3v) is 6.00. The van der Waals surface area contributed by atoms with E-state index in [2.05, 4.69) is 20.8 Å². The third-order valence-electron chi connectivity index (χ3n) is 4.15. The fourth-order valence-electron chi connectivity index (χ4n) is 2.74. The van der Waals surface area contributed by atoms with E-state index < -0.39 is 6.04 Å². The van der Waals surface area contributed by atoms with Gasteiger partial charge >= 0.3 is 0 Å². The number of amides is 2. The van der Waals surface area contributed by atoms with Gasteiger partial charge in [-0.15, -0.1) is 10.2 Å². The normalized spacial score (nSPS) is 11.5. The second-order valence-electron chi connectivity index (χ2n) is 6.23.